The molecule has 18 heavy (non-hydrogen) atoms. The van der Waals surface area contributed by atoms with Gasteiger partial charge in [0, 0.05) is 0 Å². The zero-order valence-corrected chi connectivity index (χ0v) is 10.9. The summed E-state index contributed by atoms with van der Waals surface area (Å²) >= 11 is 0. The van der Waals surface area contributed by atoms with Gasteiger partial charge in [-0.3, -0.25) is 10.1 Å². The van der Waals surface area contributed by atoms with Crippen LogP contribution in [0.5, 0.6) is 0 Å². The van der Waals surface area contributed by atoms with Gasteiger partial charge in [0.05, 0.1) is 11.8 Å². The highest BCUT2D eigenvalue weighted by molar-refractivity contribution is 6.05. The van der Waals surface area contributed by atoms with E-state index >= 15 is 0 Å². The van der Waals surface area contributed by atoms with Gasteiger partial charge < -0.3 is 10.5 Å². The maximum absolute atomic E-state index is 11.7. The lowest BCUT2D eigenvalue weighted by Crippen LogP contribution is -2.36. The highest BCUT2D eigenvalue weighted by atomic mass is 16.5. The van der Waals surface area contributed by atoms with Gasteiger partial charge in [0.2, 0.25) is 0 Å². The Hall–Kier alpha value is -1.78. The molecule has 0 aromatic rings. The molecule has 1 rings (SSSR count). The third-order valence-corrected chi connectivity index (χ3v) is 2.68. The van der Waals surface area contributed by atoms with Crippen molar-refractivity contribution in [2.45, 2.75) is 33.1 Å². The molecule has 5 nitrogen and oxygen atoms in total. The molecule has 0 spiro atoms. The summed E-state index contributed by atoms with van der Waals surface area (Å²) in [5, 5.41) is 2.05. The number of ether oxygens (including phenoxy) is 1. The van der Waals surface area contributed by atoms with Crippen molar-refractivity contribution < 1.29 is 14.3 Å². The summed E-state index contributed by atoms with van der Waals surface area (Å²) in [5.74, 6) is 0.135. The average Bonchev–Trinajstić information content (AvgIpc) is 2.28. The Morgan fingerprint density at radius 3 is 2.83 bits per heavy atom. The van der Waals surface area contributed by atoms with Crippen LogP contribution in [0.2, 0.25) is 0 Å². The van der Waals surface area contributed by atoms with E-state index in [1.165, 1.54) is 6.26 Å². The zero-order valence-electron chi connectivity index (χ0n) is 10.9. The van der Waals surface area contributed by atoms with Crippen molar-refractivity contribution in [1.29, 1.82) is 0 Å². The van der Waals surface area contributed by atoms with E-state index in [0.717, 1.165) is 24.8 Å². The van der Waals surface area contributed by atoms with E-state index in [0.29, 0.717) is 18.1 Å². The highest BCUT2D eigenvalue weighted by Crippen LogP contribution is 2.22. The molecule has 0 fully saturated rings. The van der Waals surface area contributed by atoms with Gasteiger partial charge in [0.25, 0.3) is 5.91 Å². The number of carbonyl (C=O) groups excluding carboxylic acids is 2. The Bertz CT molecular complexity index is 384. The Balaban J connectivity index is 2.59. The van der Waals surface area contributed by atoms with Crippen molar-refractivity contribution in [2.24, 2.45) is 11.7 Å². The van der Waals surface area contributed by atoms with Crippen LogP contribution in [0.4, 0.5) is 4.79 Å². The van der Waals surface area contributed by atoms with Gasteiger partial charge >= 0.3 is 6.03 Å². The van der Waals surface area contributed by atoms with E-state index in [1.54, 1.807) is 0 Å². The van der Waals surface area contributed by atoms with Crippen LogP contribution in [0, 0.1) is 5.92 Å². The lowest BCUT2D eigenvalue weighted by Gasteiger charge is -2.16. The highest BCUT2D eigenvalue weighted by Gasteiger charge is 2.18. The second-order valence-corrected chi connectivity index (χ2v) is 4.70. The van der Waals surface area contributed by atoms with Crippen LogP contribution in [0.3, 0.4) is 0 Å². The minimum Gasteiger partial charge on any atom is -0.496 e. The summed E-state index contributed by atoms with van der Waals surface area (Å²) in [4.78, 5) is 22.4. The van der Waals surface area contributed by atoms with Crippen molar-refractivity contribution >= 4 is 11.9 Å². The van der Waals surface area contributed by atoms with E-state index < -0.39 is 11.9 Å². The summed E-state index contributed by atoms with van der Waals surface area (Å²) in [7, 11) is 0. The molecule has 0 aliphatic carbocycles. The van der Waals surface area contributed by atoms with Gasteiger partial charge in [0.15, 0.2) is 0 Å². The fourth-order valence-electron chi connectivity index (χ4n) is 1.78. The maximum atomic E-state index is 11.7. The molecule has 1 heterocycles. The number of primary amides is 1. The third-order valence-electron chi connectivity index (χ3n) is 2.68. The minimum atomic E-state index is -0.854. The van der Waals surface area contributed by atoms with E-state index in [1.807, 2.05) is 6.08 Å². The number of nitrogens with one attached hydrogen (secondary N) is 1. The number of rotatable bonds is 5. The summed E-state index contributed by atoms with van der Waals surface area (Å²) in [5.41, 5.74) is 6.24. The molecule has 1 aliphatic heterocycles. The lowest BCUT2D eigenvalue weighted by atomic mass is 9.96. The third kappa shape index (κ3) is 4.61. The van der Waals surface area contributed by atoms with E-state index in [4.69, 9.17) is 10.5 Å². The number of urea groups is 1. The minimum absolute atomic E-state index is 0.392. The molecule has 3 amide bonds. The number of imide groups is 1. The molecule has 0 radical (unpaired) electrons. The molecule has 0 bridgehead atoms. The fraction of sp³-hybridized carbons (Fsp3) is 0.538. The van der Waals surface area contributed by atoms with Crippen LogP contribution >= 0.6 is 0 Å². The van der Waals surface area contributed by atoms with Gasteiger partial charge in [0.1, 0.15) is 6.61 Å². The number of amides is 3. The van der Waals surface area contributed by atoms with Crippen LogP contribution in [0.15, 0.2) is 23.5 Å². The maximum Gasteiger partial charge on any atom is 0.319 e. The summed E-state index contributed by atoms with van der Waals surface area (Å²) in [6.07, 6.45) is 6.17. The van der Waals surface area contributed by atoms with Crippen molar-refractivity contribution in [3.63, 3.8) is 0 Å². The predicted octanol–water partition coefficient (Wildman–Crippen LogP) is 1.85. The van der Waals surface area contributed by atoms with Crippen LogP contribution in [-0.4, -0.2) is 18.5 Å². The van der Waals surface area contributed by atoms with Gasteiger partial charge in [-0.25, -0.2) is 4.79 Å². The predicted molar refractivity (Wildman–Crippen MR) is 68.5 cm³/mol. The fourth-order valence-corrected chi connectivity index (χ4v) is 1.78. The second-order valence-electron chi connectivity index (χ2n) is 4.70. The van der Waals surface area contributed by atoms with Crippen LogP contribution in [0.1, 0.15) is 33.1 Å². The topological polar surface area (TPSA) is 81.4 Å². The molecule has 5 heteroatoms. The standard InChI is InChI=1S/C13H20N2O3/c1-9(2)4-3-5-10-6-7-18-8-11(10)12(16)15-13(14)17/h6,8-9H,3-5,7H2,1-2H3,(H3,14,15,16,17). The van der Waals surface area contributed by atoms with Crippen LogP contribution in [0.25, 0.3) is 0 Å². The van der Waals surface area contributed by atoms with Crippen molar-refractivity contribution in [2.75, 3.05) is 6.61 Å². The first-order valence-electron chi connectivity index (χ1n) is 6.12. The monoisotopic (exact) mass is 252 g/mol. The Labute approximate surface area is 107 Å². The van der Waals surface area contributed by atoms with Crippen LogP contribution in [-0.2, 0) is 9.53 Å². The molecule has 0 aromatic carbocycles. The molecule has 0 saturated heterocycles. The molecule has 0 aromatic heterocycles. The smallest absolute Gasteiger partial charge is 0.319 e. The second kappa shape index (κ2) is 6.83. The average molecular weight is 252 g/mol. The van der Waals surface area contributed by atoms with Crippen molar-refractivity contribution in [3.8, 4) is 0 Å². The normalized spacial score (nSPS) is 14.6. The van der Waals surface area contributed by atoms with Crippen LogP contribution < -0.4 is 11.1 Å². The molecule has 0 unspecified atom stereocenters. The van der Waals surface area contributed by atoms with Gasteiger partial charge in [-0.2, -0.15) is 0 Å². The van der Waals surface area contributed by atoms with Crippen molar-refractivity contribution in [1.82, 2.24) is 5.32 Å². The molecular formula is C13H20N2O3. The summed E-state index contributed by atoms with van der Waals surface area (Å²) in [6, 6.07) is -0.854. The first-order valence-corrected chi connectivity index (χ1v) is 6.12. The lowest BCUT2D eigenvalue weighted by molar-refractivity contribution is -0.116. The first kappa shape index (κ1) is 14.3. The van der Waals surface area contributed by atoms with Gasteiger partial charge in [-0.05, 0) is 30.4 Å². The molecule has 0 atom stereocenters. The number of hydrogen-bond acceptors (Lipinski definition) is 3. The van der Waals surface area contributed by atoms with E-state index in [2.05, 4.69) is 19.2 Å². The number of carbonyl (C=O) groups is 2. The molecule has 1 aliphatic rings. The number of nitrogens with two attached hydrogens (primary N) is 1. The zero-order chi connectivity index (χ0) is 13.5. The molecule has 100 valence electrons. The largest absolute Gasteiger partial charge is 0.496 e. The summed E-state index contributed by atoms with van der Waals surface area (Å²) < 4.78 is 5.09. The van der Waals surface area contributed by atoms with E-state index in [-0.39, 0.29) is 0 Å². The SMILES string of the molecule is CC(C)CCCC1=CCOC=C1C(=O)NC(N)=O. The van der Waals surface area contributed by atoms with E-state index in [9.17, 15) is 9.59 Å². The Kier molecular flexibility index (Phi) is 5.42. The molecule has 3 N–H and O–H groups in total. The number of hydrogen-bond donors (Lipinski definition) is 2. The quantitative estimate of drug-likeness (QED) is 0.783. The first-order chi connectivity index (χ1) is 8.50. The van der Waals surface area contributed by atoms with Gasteiger partial charge in [-0.15, -0.1) is 0 Å². The molecule has 0 saturated carbocycles. The Morgan fingerprint density at radius 1 is 1.50 bits per heavy atom. The Morgan fingerprint density at radius 2 is 2.22 bits per heavy atom. The van der Waals surface area contributed by atoms with Crippen molar-refractivity contribution in [3.05, 3.63) is 23.5 Å². The van der Waals surface area contributed by atoms with Gasteiger partial charge in [-0.1, -0.05) is 20.3 Å². The molecular weight excluding hydrogens is 232 g/mol. The summed E-state index contributed by atoms with van der Waals surface area (Å²) in [6.45, 7) is 4.79.